The summed E-state index contributed by atoms with van der Waals surface area (Å²) in [7, 11) is 0. The Morgan fingerprint density at radius 2 is 2.21 bits per heavy atom. The molecule has 2 N–H and O–H groups in total. The van der Waals surface area contributed by atoms with E-state index in [0.29, 0.717) is 37.2 Å². The highest BCUT2D eigenvalue weighted by molar-refractivity contribution is 5.42. The van der Waals surface area contributed by atoms with Gasteiger partial charge in [-0.05, 0) is 49.8 Å². The number of H-pyrrole nitrogens is 1. The minimum atomic E-state index is 0.00569. The first kappa shape index (κ1) is 19.8. The number of aromatic hydroxyl groups is 1. The van der Waals surface area contributed by atoms with Crippen molar-refractivity contribution in [1.82, 2.24) is 14.9 Å². The number of anilines is 1. The second kappa shape index (κ2) is 8.45. The highest BCUT2D eigenvalue weighted by Gasteiger charge is 2.24. The van der Waals surface area contributed by atoms with Crippen LogP contribution in [0.2, 0.25) is 0 Å². The van der Waals surface area contributed by atoms with Gasteiger partial charge >= 0.3 is 0 Å². The maximum Gasteiger partial charge on any atom is 0.255 e. The summed E-state index contributed by atoms with van der Waals surface area (Å²) in [4.78, 5) is 25.0. The Balaban J connectivity index is 1.52. The fraction of sp³-hybridized carbons (Fsp3) is 0.545. The van der Waals surface area contributed by atoms with Crippen LogP contribution in [-0.4, -0.2) is 46.2 Å². The van der Waals surface area contributed by atoms with E-state index in [1.165, 1.54) is 6.42 Å². The van der Waals surface area contributed by atoms with Crippen LogP contribution < -0.4 is 15.2 Å². The molecule has 1 atom stereocenters. The molecule has 1 unspecified atom stereocenters. The van der Waals surface area contributed by atoms with Crippen LogP contribution in [0.25, 0.3) is 0 Å². The first-order valence-electron chi connectivity index (χ1n) is 10.6. The standard InChI is InChI=1S/C22H30N4O3/c1-3-29-20-11-16(6-7-19(20)27)13-25-10-8-17-18(14-25)23-22(24-21(17)28)26-9-4-5-15(2)12-26/h6-7,11,15,27H,3-5,8-10,12-14H2,1-2H3,(H,23,24,28). The van der Waals surface area contributed by atoms with Crippen molar-refractivity contribution in [3.05, 3.63) is 45.4 Å². The zero-order chi connectivity index (χ0) is 20.4. The van der Waals surface area contributed by atoms with Gasteiger partial charge in [0.05, 0.1) is 12.3 Å². The molecule has 0 spiro atoms. The normalized spacial score (nSPS) is 19.8. The van der Waals surface area contributed by atoms with Crippen molar-refractivity contribution in [2.75, 3.05) is 31.1 Å². The Morgan fingerprint density at radius 3 is 3.00 bits per heavy atom. The molecule has 0 aliphatic carbocycles. The second-order valence-corrected chi connectivity index (χ2v) is 8.20. The summed E-state index contributed by atoms with van der Waals surface area (Å²) in [5.41, 5.74) is 2.78. The molecule has 3 heterocycles. The number of hydrogen-bond acceptors (Lipinski definition) is 6. The zero-order valence-corrected chi connectivity index (χ0v) is 17.3. The van der Waals surface area contributed by atoms with Crippen molar-refractivity contribution in [3.63, 3.8) is 0 Å². The van der Waals surface area contributed by atoms with Gasteiger partial charge in [0.1, 0.15) is 0 Å². The molecule has 2 aliphatic rings. The predicted octanol–water partition coefficient (Wildman–Crippen LogP) is 2.67. The van der Waals surface area contributed by atoms with E-state index in [2.05, 4.69) is 21.7 Å². The number of benzene rings is 1. The van der Waals surface area contributed by atoms with E-state index in [1.807, 2.05) is 19.1 Å². The lowest BCUT2D eigenvalue weighted by atomic mass is 10.0. The first-order chi connectivity index (χ1) is 14.0. The smallest absolute Gasteiger partial charge is 0.255 e. The van der Waals surface area contributed by atoms with Crippen molar-refractivity contribution in [1.29, 1.82) is 0 Å². The summed E-state index contributed by atoms with van der Waals surface area (Å²) in [5.74, 6) is 2.01. The van der Waals surface area contributed by atoms with E-state index in [1.54, 1.807) is 6.07 Å². The molecule has 2 aliphatic heterocycles. The SMILES string of the molecule is CCOc1cc(CN2CCc3c(nc(N4CCCC(C)C4)[nH]c3=O)C2)ccc1O. The van der Waals surface area contributed by atoms with Crippen LogP contribution in [0.15, 0.2) is 23.0 Å². The van der Waals surface area contributed by atoms with Crippen LogP contribution in [0.5, 0.6) is 11.5 Å². The number of hydrogen-bond donors (Lipinski definition) is 2. The Morgan fingerprint density at radius 1 is 1.34 bits per heavy atom. The molecule has 1 aromatic carbocycles. The summed E-state index contributed by atoms with van der Waals surface area (Å²) in [6.45, 7) is 8.74. The summed E-state index contributed by atoms with van der Waals surface area (Å²) in [5, 5.41) is 9.91. The molecule has 0 saturated carbocycles. The number of nitrogens with one attached hydrogen (secondary N) is 1. The zero-order valence-electron chi connectivity index (χ0n) is 17.3. The van der Waals surface area contributed by atoms with Gasteiger partial charge in [-0.15, -0.1) is 0 Å². The van der Waals surface area contributed by atoms with Gasteiger partial charge in [0.2, 0.25) is 5.95 Å². The van der Waals surface area contributed by atoms with Crippen LogP contribution >= 0.6 is 0 Å². The van der Waals surface area contributed by atoms with E-state index >= 15 is 0 Å². The lowest BCUT2D eigenvalue weighted by molar-refractivity contribution is 0.239. The van der Waals surface area contributed by atoms with Gasteiger partial charge in [-0.3, -0.25) is 14.7 Å². The average Bonchev–Trinajstić information content (AvgIpc) is 2.70. The molecular weight excluding hydrogens is 368 g/mol. The summed E-state index contributed by atoms with van der Waals surface area (Å²) in [6, 6.07) is 5.48. The fourth-order valence-electron chi connectivity index (χ4n) is 4.33. The molecule has 0 bridgehead atoms. The van der Waals surface area contributed by atoms with Crippen LogP contribution in [-0.2, 0) is 19.5 Å². The molecule has 156 valence electrons. The largest absolute Gasteiger partial charge is 0.504 e. The highest BCUT2D eigenvalue weighted by atomic mass is 16.5. The summed E-state index contributed by atoms with van der Waals surface area (Å²) < 4.78 is 5.50. The topological polar surface area (TPSA) is 81.7 Å². The third-order valence-corrected chi connectivity index (χ3v) is 5.83. The molecule has 0 amide bonds. The van der Waals surface area contributed by atoms with Crippen LogP contribution in [0.1, 0.15) is 43.5 Å². The van der Waals surface area contributed by atoms with Gasteiger partial charge in [-0.25, -0.2) is 4.98 Å². The summed E-state index contributed by atoms with van der Waals surface area (Å²) in [6.07, 6.45) is 3.07. The van der Waals surface area contributed by atoms with Crippen molar-refractivity contribution in [3.8, 4) is 11.5 Å². The molecule has 7 nitrogen and oxygen atoms in total. The van der Waals surface area contributed by atoms with E-state index in [0.717, 1.165) is 49.4 Å². The van der Waals surface area contributed by atoms with E-state index < -0.39 is 0 Å². The number of fused-ring (bicyclic) bond motifs is 1. The van der Waals surface area contributed by atoms with Crippen LogP contribution in [0, 0.1) is 5.92 Å². The van der Waals surface area contributed by atoms with Gasteiger partial charge in [0.15, 0.2) is 11.5 Å². The van der Waals surface area contributed by atoms with Crippen molar-refractivity contribution < 1.29 is 9.84 Å². The number of phenols is 1. The highest BCUT2D eigenvalue weighted by Crippen LogP contribution is 2.28. The number of rotatable bonds is 5. The number of nitrogens with zero attached hydrogens (tertiary/aromatic N) is 3. The molecule has 29 heavy (non-hydrogen) atoms. The minimum Gasteiger partial charge on any atom is -0.504 e. The molecule has 1 aromatic heterocycles. The molecule has 1 fully saturated rings. The van der Waals surface area contributed by atoms with Crippen molar-refractivity contribution >= 4 is 5.95 Å². The molecule has 1 saturated heterocycles. The lowest BCUT2D eigenvalue weighted by Gasteiger charge is -2.33. The first-order valence-corrected chi connectivity index (χ1v) is 10.6. The quantitative estimate of drug-likeness (QED) is 0.806. The minimum absolute atomic E-state index is 0.00569. The molecular formula is C22H30N4O3. The van der Waals surface area contributed by atoms with Crippen molar-refractivity contribution in [2.45, 2.75) is 46.2 Å². The van der Waals surface area contributed by atoms with Crippen LogP contribution in [0.3, 0.4) is 0 Å². The Bertz CT molecular complexity index is 927. The fourth-order valence-corrected chi connectivity index (χ4v) is 4.33. The van der Waals surface area contributed by atoms with Gasteiger partial charge in [0.25, 0.3) is 5.56 Å². The monoisotopic (exact) mass is 398 g/mol. The second-order valence-electron chi connectivity index (χ2n) is 8.20. The third-order valence-electron chi connectivity index (χ3n) is 5.83. The molecule has 7 heteroatoms. The number of piperidine rings is 1. The third kappa shape index (κ3) is 4.40. The molecule has 0 radical (unpaired) electrons. The summed E-state index contributed by atoms with van der Waals surface area (Å²) >= 11 is 0. The number of phenolic OH excluding ortho intramolecular Hbond substituents is 1. The van der Waals surface area contributed by atoms with E-state index in [9.17, 15) is 9.90 Å². The average molecular weight is 399 g/mol. The number of aromatic amines is 1. The Kier molecular flexibility index (Phi) is 5.76. The maximum absolute atomic E-state index is 12.6. The van der Waals surface area contributed by atoms with Gasteiger partial charge in [0, 0.05) is 38.3 Å². The number of aromatic nitrogens is 2. The predicted molar refractivity (Wildman–Crippen MR) is 113 cm³/mol. The van der Waals surface area contributed by atoms with Gasteiger partial charge in [-0.1, -0.05) is 13.0 Å². The van der Waals surface area contributed by atoms with Gasteiger partial charge < -0.3 is 14.7 Å². The number of ether oxygens (including phenoxy) is 1. The van der Waals surface area contributed by atoms with Crippen LogP contribution in [0.4, 0.5) is 5.95 Å². The maximum atomic E-state index is 12.6. The Hall–Kier alpha value is -2.54. The lowest BCUT2D eigenvalue weighted by Crippen LogP contribution is -2.39. The molecule has 4 rings (SSSR count). The van der Waals surface area contributed by atoms with E-state index in [-0.39, 0.29) is 11.3 Å². The van der Waals surface area contributed by atoms with E-state index in [4.69, 9.17) is 9.72 Å². The van der Waals surface area contributed by atoms with Crippen molar-refractivity contribution in [2.24, 2.45) is 5.92 Å². The molecule has 2 aromatic rings. The van der Waals surface area contributed by atoms with Gasteiger partial charge in [-0.2, -0.15) is 0 Å². The Labute approximate surface area is 171 Å².